The topological polar surface area (TPSA) is 66.3 Å². The van der Waals surface area contributed by atoms with Crippen LogP contribution < -0.4 is 4.90 Å². The van der Waals surface area contributed by atoms with Crippen LogP contribution in [0.15, 0.2) is 30.5 Å². The minimum atomic E-state index is -0.818. The summed E-state index contributed by atoms with van der Waals surface area (Å²) in [6.45, 7) is 4.48. The molecule has 1 N–H and O–H groups in total. The van der Waals surface area contributed by atoms with Crippen LogP contribution in [-0.2, 0) is 4.79 Å². The number of hydrogen-bond acceptors (Lipinski definition) is 4. The number of nitrogens with zero attached hydrogens (tertiary/aromatic N) is 3. The Morgan fingerprint density at radius 2 is 2.13 bits per heavy atom. The minimum absolute atomic E-state index is 0.336. The van der Waals surface area contributed by atoms with Gasteiger partial charge in [0.2, 0.25) is 5.95 Å². The number of aliphatic carboxylic acids is 1. The summed E-state index contributed by atoms with van der Waals surface area (Å²) < 4.78 is 14.0. The zero-order chi connectivity index (χ0) is 16.6. The summed E-state index contributed by atoms with van der Waals surface area (Å²) in [5, 5.41) is 9.33. The van der Waals surface area contributed by atoms with E-state index in [0.717, 1.165) is 5.56 Å². The SMILES string of the molecule is Cc1cnc(N2CCC(C)(C(=O)O)C2)nc1-c1ccccc1F. The van der Waals surface area contributed by atoms with E-state index in [1.54, 1.807) is 31.3 Å². The van der Waals surface area contributed by atoms with E-state index in [2.05, 4.69) is 9.97 Å². The minimum Gasteiger partial charge on any atom is -0.481 e. The van der Waals surface area contributed by atoms with E-state index >= 15 is 0 Å². The molecule has 1 atom stereocenters. The van der Waals surface area contributed by atoms with E-state index in [0.29, 0.717) is 36.7 Å². The summed E-state index contributed by atoms with van der Waals surface area (Å²) in [6, 6.07) is 6.47. The van der Waals surface area contributed by atoms with Crippen molar-refractivity contribution < 1.29 is 14.3 Å². The number of benzene rings is 1. The van der Waals surface area contributed by atoms with Gasteiger partial charge >= 0.3 is 5.97 Å². The molecule has 120 valence electrons. The fourth-order valence-corrected chi connectivity index (χ4v) is 2.82. The molecule has 3 rings (SSSR count). The molecule has 1 aromatic carbocycles. The lowest BCUT2D eigenvalue weighted by Crippen LogP contribution is -2.32. The Hall–Kier alpha value is -2.50. The first-order valence-electron chi connectivity index (χ1n) is 7.47. The molecule has 0 saturated carbocycles. The summed E-state index contributed by atoms with van der Waals surface area (Å²) >= 11 is 0. The van der Waals surface area contributed by atoms with E-state index in [1.807, 2.05) is 11.8 Å². The van der Waals surface area contributed by atoms with Gasteiger partial charge in [-0.05, 0) is 38.0 Å². The van der Waals surface area contributed by atoms with Crippen LogP contribution >= 0.6 is 0 Å². The van der Waals surface area contributed by atoms with Crippen LogP contribution in [0.3, 0.4) is 0 Å². The Morgan fingerprint density at radius 1 is 1.39 bits per heavy atom. The molecule has 6 heteroatoms. The lowest BCUT2D eigenvalue weighted by atomic mass is 9.90. The molecule has 1 aliphatic rings. The van der Waals surface area contributed by atoms with Crippen molar-refractivity contribution >= 4 is 11.9 Å². The zero-order valence-electron chi connectivity index (χ0n) is 13.1. The van der Waals surface area contributed by atoms with Crippen molar-refractivity contribution in [1.82, 2.24) is 9.97 Å². The first kappa shape index (κ1) is 15.4. The van der Waals surface area contributed by atoms with Crippen LogP contribution in [0.25, 0.3) is 11.3 Å². The highest BCUT2D eigenvalue weighted by atomic mass is 19.1. The molecule has 1 fully saturated rings. The summed E-state index contributed by atoms with van der Waals surface area (Å²) in [5.41, 5.74) is 0.941. The van der Waals surface area contributed by atoms with E-state index < -0.39 is 11.4 Å². The molecule has 1 unspecified atom stereocenters. The van der Waals surface area contributed by atoms with Crippen LogP contribution in [0.1, 0.15) is 18.9 Å². The fraction of sp³-hybridized carbons (Fsp3) is 0.353. The molecule has 2 aromatic rings. The van der Waals surface area contributed by atoms with Crippen molar-refractivity contribution in [3.63, 3.8) is 0 Å². The van der Waals surface area contributed by atoms with Crippen LogP contribution in [0, 0.1) is 18.2 Å². The Kier molecular flexibility index (Phi) is 3.75. The third-order valence-corrected chi connectivity index (χ3v) is 4.36. The molecule has 0 spiro atoms. The van der Waals surface area contributed by atoms with Crippen LogP contribution in [-0.4, -0.2) is 34.1 Å². The number of carbonyl (C=O) groups is 1. The highest BCUT2D eigenvalue weighted by Gasteiger charge is 2.41. The summed E-state index contributed by atoms with van der Waals surface area (Å²) in [6.07, 6.45) is 2.19. The van der Waals surface area contributed by atoms with Crippen LogP contribution in [0.5, 0.6) is 0 Å². The largest absolute Gasteiger partial charge is 0.481 e. The van der Waals surface area contributed by atoms with Gasteiger partial charge in [-0.1, -0.05) is 12.1 Å². The summed E-state index contributed by atoms with van der Waals surface area (Å²) in [7, 11) is 0. The maximum Gasteiger partial charge on any atom is 0.311 e. The van der Waals surface area contributed by atoms with Gasteiger partial charge in [0.05, 0.1) is 11.1 Å². The van der Waals surface area contributed by atoms with Gasteiger partial charge in [-0.25, -0.2) is 14.4 Å². The van der Waals surface area contributed by atoms with Crippen molar-refractivity contribution in [2.75, 3.05) is 18.0 Å². The fourth-order valence-electron chi connectivity index (χ4n) is 2.82. The van der Waals surface area contributed by atoms with Crippen molar-refractivity contribution in [3.8, 4) is 11.3 Å². The Morgan fingerprint density at radius 3 is 2.78 bits per heavy atom. The molecule has 5 nitrogen and oxygen atoms in total. The highest BCUT2D eigenvalue weighted by molar-refractivity contribution is 5.76. The van der Waals surface area contributed by atoms with Gasteiger partial charge in [0, 0.05) is 24.8 Å². The molecule has 0 radical (unpaired) electrons. The summed E-state index contributed by atoms with van der Waals surface area (Å²) in [5.74, 6) is -0.711. The molecular weight excluding hydrogens is 297 g/mol. The monoisotopic (exact) mass is 315 g/mol. The average Bonchev–Trinajstić information content (AvgIpc) is 2.93. The number of rotatable bonds is 3. The van der Waals surface area contributed by atoms with Gasteiger partial charge < -0.3 is 10.0 Å². The van der Waals surface area contributed by atoms with Gasteiger partial charge in [-0.2, -0.15) is 0 Å². The first-order valence-corrected chi connectivity index (χ1v) is 7.47. The molecule has 1 aliphatic heterocycles. The lowest BCUT2D eigenvalue weighted by molar-refractivity contribution is -0.146. The lowest BCUT2D eigenvalue weighted by Gasteiger charge is -2.20. The number of carboxylic acids is 1. The van der Waals surface area contributed by atoms with E-state index in [4.69, 9.17) is 0 Å². The molecule has 1 saturated heterocycles. The number of carboxylic acid groups (broad SMARTS) is 1. The second-order valence-corrected chi connectivity index (χ2v) is 6.22. The van der Waals surface area contributed by atoms with E-state index in [1.165, 1.54) is 6.07 Å². The van der Waals surface area contributed by atoms with Crippen molar-refractivity contribution in [1.29, 1.82) is 0 Å². The predicted molar refractivity (Wildman–Crippen MR) is 84.7 cm³/mol. The van der Waals surface area contributed by atoms with Gasteiger partial charge in [-0.15, -0.1) is 0 Å². The van der Waals surface area contributed by atoms with Gasteiger partial charge in [0.1, 0.15) is 5.82 Å². The maximum atomic E-state index is 14.0. The number of aromatic nitrogens is 2. The molecule has 0 aliphatic carbocycles. The Labute approximate surface area is 133 Å². The van der Waals surface area contributed by atoms with Gasteiger partial charge in [0.15, 0.2) is 0 Å². The van der Waals surface area contributed by atoms with Crippen molar-refractivity contribution in [2.45, 2.75) is 20.3 Å². The van der Waals surface area contributed by atoms with Crippen molar-refractivity contribution in [2.24, 2.45) is 5.41 Å². The number of aryl methyl sites for hydroxylation is 1. The Bertz CT molecular complexity index is 765. The van der Waals surface area contributed by atoms with Crippen LogP contribution in [0.2, 0.25) is 0 Å². The second kappa shape index (κ2) is 5.61. The first-order chi connectivity index (χ1) is 10.9. The molecule has 2 heterocycles. The second-order valence-electron chi connectivity index (χ2n) is 6.22. The van der Waals surface area contributed by atoms with Crippen molar-refractivity contribution in [3.05, 3.63) is 41.8 Å². The van der Waals surface area contributed by atoms with Gasteiger partial charge in [-0.3, -0.25) is 4.79 Å². The Balaban J connectivity index is 1.96. The molecule has 23 heavy (non-hydrogen) atoms. The highest BCUT2D eigenvalue weighted by Crippen LogP contribution is 2.33. The van der Waals surface area contributed by atoms with Crippen LogP contribution in [0.4, 0.5) is 10.3 Å². The molecule has 1 aromatic heterocycles. The molecular formula is C17H18FN3O2. The summed E-state index contributed by atoms with van der Waals surface area (Å²) in [4.78, 5) is 22.0. The number of hydrogen-bond donors (Lipinski definition) is 1. The third kappa shape index (κ3) is 2.76. The van der Waals surface area contributed by atoms with E-state index in [-0.39, 0.29) is 5.82 Å². The third-order valence-electron chi connectivity index (χ3n) is 4.36. The standard InChI is InChI=1S/C17H18FN3O2/c1-11-9-19-16(21-8-7-17(2,10-21)15(22)23)20-14(11)12-5-3-4-6-13(12)18/h3-6,9H,7-8,10H2,1-2H3,(H,22,23). The molecule has 0 bridgehead atoms. The quantitative estimate of drug-likeness (QED) is 0.943. The average molecular weight is 315 g/mol. The zero-order valence-corrected chi connectivity index (χ0v) is 13.1. The molecule has 0 amide bonds. The number of anilines is 1. The van der Waals surface area contributed by atoms with E-state index in [9.17, 15) is 14.3 Å². The maximum absolute atomic E-state index is 14.0. The normalized spacial score (nSPS) is 20.7. The smallest absolute Gasteiger partial charge is 0.311 e. The van der Waals surface area contributed by atoms with Gasteiger partial charge in [0.25, 0.3) is 0 Å². The predicted octanol–water partition coefficient (Wildman–Crippen LogP) is 2.89. The number of halogens is 1.